The SMILES string of the molecule is CN=C(NCc1ccc(C)cc1)NCc1ccccc1CN1CCCC1=O. The Morgan fingerprint density at radius 2 is 1.74 bits per heavy atom. The smallest absolute Gasteiger partial charge is 0.222 e. The summed E-state index contributed by atoms with van der Waals surface area (Å²) in [4.78, 5) is 18.2. The summed E-state index contributed by atoms with van der Waals surface area (Å²) >= 11 is 0. The molecule has 2 N–H and O–H groups in total. The Labute approximate surface area is 161 Å². The lowest BCUT2D eigenvalue weighted by molar-refractivity contribution is -0.128. The molecule has 0 bridgehead atoms. The van der Waals surface area contributed by atoms with Crippen LogP contribution in [0.15, 0.2) is 53.5 Å². The van der Waals surface area contributed by atoms with Crippen molar-refractivity contribution < 1.29 is 4.79 Å². The van der Waals surface area contributed by atoms with Crippen molar-refractivity contribution in [1.29, 1.82) is 0 Å². The molecule has 1 aliphatic heterocycles. The maximum Gasteiger partial charge on any atom is 0.222 e. The monoisotopic (exact) mass is 364 g/mol. The molecule has 0 unspecified atom stereocenters. The fourth-order valence-corrected chi connectivity index (χ4v) is 3.25. The fourth-order valence-electron chi connectivity index (χ4n) is 3.25. The Bertz CT molecular complexity index is 798. The third kappa shape index (κ3) is 5.33. The van der Waals surface area contributed by atoms with Crippen LogP contribution in [0.1, 0.15) is 35.1 Å². The molecular formula is C22H28N4O. The first-order valence-corrected chi connectivity index (χ1v) is 9.50. The number of guanidine groups is 1. The standard InChI is InChI=1S/C22H28N4O/c1-17-9-11-18(12-10-17)14-24-22(23-2)25-15-19-6-3-4-7-20(19)16-26-13-5-8-21(26)27/h3-4,6-7,9-12H,5,8,13-16H2,1-2H3,(H2,23,24,25). The van der Waals surface area contributed by atoms with Crippen LogP contribution < -0.4 is 10.6 Å². The quantitative estimate of drug-likeness (QED) is 0.612. The number of amides is 1. The zero-order valence-corrected chi connectivity index (χ0v) is 16.2. The van der Waals surface area contributed by atoms with E-state index in [9.17, 15) is 4.79 Å². The molecular weight excluding hydrogens is 336 g/mol. The largest absolute Gasteiger partial charge is 0.352 e. The summed E-state index contributed by atoms with van der Waals surface area (Å²) in [6, 6.07) is 16.8. The lowest BCUT2D eigenvalue weighted by atomic mass is 10.1. The molecule has 0 atom stereocenters. The number of rotatable bonds is 6. The van der Waals surface area contributed by atoms with E-state index in [1.165, 1.54) is 22.3 Å². The van der Waals surface area contributed by atoms with Gasteiger partial charge in [-0.2, -0.15) is 0 Å². The average molecular weight is 364 g/mol. The molecule has 0 saturated carbocycles. The lowest BCUT2D eigenvalue weighted by Crippen LogP contribution is -2.36. The molecule has 1 aliphatic rings. The van der Waals surface area contributed by atoms with Crippen molar-refractivity contribution in [2.75, 3.05) is 13.6 Å². The Balaban J connectivity index is 1.56. The van der Waals surface area contributed by atoms with E-state index in [4.69, 9.17) is 0 Å². The summed E-state index contributed by atoms with van der Waals surface area (Å²) in [5, 5.41) is 6.73. The average Bonchev–Trinajstić information content (AvgIpc) is 3.09. The van der Waals surface area contributed by atoms with E-state index in [1.54, 1.807) is 7.05 Å². The summed E-state index contributed by atoms with van der Waals surface area (Å²) in [6.07, 6.45) is 1.64. The van der Waals surface area contributed by atoms with Gasteiger partial charge in [-0.25, -0.2) is 0 Å². The molecule has 1 fully saturated rings. The Hall–Kier alpha value is -2.82. The number of carbonyl (C=O) groups is 1. The van der Waals surface area contributed by atoms with Crippen molar-refractivity contribution in [1.82, 2.24) is 15.5 Å². The second-order valence-corrected chi connectivity index (χ2v) is 6.95. The van der Waals surface area contributed by atoms with E-state index in [2.05, 4.69) is 58.9 Å². The van der Waals surface area contributed by atoms with Gasteiger partial charge in [0.15, 0.2) is 5.96 Å². The molecule has 1 saturated heterocycles. The van der Waals surface area contributed by atoms with Gasteiger partial charge in [0.2, 0.25) is 5.91 Å². The van der Waals surface area contributed by atoms with Gasteiger partial charge in [-0.05, 0) is 30.0 Å². The number of hydrogen-bond donors (Lipinski definition) is 2. The summed E-state index contributed by atoms with van der Waals surface area (Å²) in [5.74, 6) is 1.02. The van der Waals surface area contributed by atoms with Gasteiger partial charge in [0, 0.05) is 39.6 Å². The molecule has 142 valence electrons. The molecule has 3 rings (SSSR count). The van der Waals surface area contributed by atoms with E-state index in [0.717, 1.165) is 25.5 Å². The third-order valence-electron chi connectivity index (χ3n) is 4.90. The minimum absolute atomic E-state index is 0.258. The zero-order chi connectivity index (χ0) is 19.1. The van der Waals surface area contributed by atoms with Crippen molar-refractivity contribution in [3.05, 3.63) is 70.8 Å². The minimum atomic E-state index is 0.258. The van der Waals surface area contributed by atoms with E-state index >= 15 is 0 Å². The third-order valence-corrected chi connectivity index (χ3v) is 4.90. The second kappa shape index (κ2) is 9.21. The Morgan fingerprint density at radius 3 is 2.41 bits per heavy atom. The second-order valence-electron chi connectivity index (χ2n) is 6.95. The molecule has 2 aromatic carbocycles. The Kier molecular flexibility index (Phi) is 6.47. The first kappa shape index (κ1) is 19.0. The molecule has 27 heavy (non-hydrogen) atoms. The van der Waals surface area contributed by atoms with Crippen molar-refractivity contribution in [2.45, 2.75) is 39.4 Å². The summed E-state index contributed by atoms with van der Waals surface area (Å²) in [5.41, 5.74) is 4.86. The van der Waals surface area contributed by atoms with Gasteiger partial charge in [-0.15, -0.1) is 0 Å². The van der Waals surface area contributed by atoms with Crippen LogP contribution in [0, 0.1) is 6.92 Å². The van der Waals surface area contributed by atoms with Crippen molar-refractivity contribution in [2.24, 2.45) is 4.99 Å². The molecule has 0 radical (unpaired) electrons. The fraction of sp³-hybridized carbons (Fsp3) is 0.364. The highest BCUT2D eigenvalue weighted by molar-refractivity contribution is 5.79. The van der Waals surface area contributed by atoms with Crippen molar-refractivity contribution in [3.63, 3.8) is 0 Å². The number of aliphatic imine (C=N–C) groups is 1. The van der Waals surface area contributed by atoms with Crippen molar-refractivity contribution in [3.8, 4) is 0 Å². The van der Waals surface area contributed by atoms with E-state index in [-0.39, 0.29) is 5.91 Å². The van der Waals surface area contributed by atoms with E-state index in [0.29, 0.717) is 19.5 Å². The molecule has 0 aromatic heterocycles. The van der Waals surface area contributed by atoms with Gasteiger partial charge in [-0.1, -0.05) is 54.1 Å². The zero-order valence-electron chi connectivity index (χ0n) is 16.2. The van der Waals surface area contributed by atoms with Crippen LogP contribution in [0.25, 0.3) is 0 Å². The molecule has 5 nitrogen and oxygen atoms in total. The Morgan fingerprint density at radius 1 is 1.04 bits per heavy atom. The van der Waals surface area contributed by atoms with E-state index < -0.39 is 0 Å². The number of nitrogens with zero attached hydrogens (tertiary/aromatic N) is 2. The number of benzene rings is 2. The predicted molar refractivity (Wildman–Crippen MR) is 109 cm³/mol. The summed E-state index contributed by atoms with van der Waals surface area (Å²) in [7, 11) is 1.78. The molecule has 1 amide bonds. The number of likely N-dealkylation sites (tertiary alicyclic amines) is 1. The number of aryl methyl sites for hydroxylation is 1. The summed E-state index contributed by atoms with van der Waals surface area (Å²) in [6.45, 7) is 5.03. The number of carbonyl (C=O) groups excluding carboxylic acids is 1. The molecule has 0 aliphatic carbocycles. The van der Waals surface area contributed by atoms with Crippen LogP contribution >= 0.6 is 0 Å². The first-order chi connectivity index (χ1) is 13.2. The van der Waals surface area contributed by atoms with Gasteiger partial charge < -0.3 is 15.5 Å². The van der Waals surface area contributed by atoms with Crippen molar-refractivity contribution >= 4 is 11.9 Å². The molecule has 1 heterocycles. The van der Waals surface area contributed by atoms with Crippen LogP contribution in [0.5, 0.6) is 0 Å². The van der Waals surface area contributed by atoms with Gasteiger partial charge >= 0.3 is 0 Å². The first-order valence-electron chi connectivity index (χ1n) is 9.50. The maximum absolute atomic E-state index is 11.9. The number of nitrogens with one attached hydrogen (secondary N) is 2. The van der Waals surface area contributed by atoms with Crippen LogP contribution in [0.3, 0.4) is 0 Å². The van der Waals surface area contributed by atoms with Crippen LogP contribution in [0.2, 0.25) is 0 Å². The normalized spacial score (nSPS) is 14.5. The van der Waals surface area contributed by atoms with Crippen LogP contribution in [-0.4, -0.2) is 30.4 Å². The van der Waals surface area contributed by atoms with Gasteiger partial charge in [0.25, 0.3) is 0 Å². The molecule has 0 spiro atoms. The van der Waals surface area contributed by atoms with Gasteiger partial charge in [0.05, 0.1) is 0 Å². The maximum atomic E-state index is 11.9. The topological polar surface area (TPSA) is 56.7 Å². The molecule has 5 heteroatoms. The lowest BCUT2D eigenvalue weighted by Gasteiger charge is -2.19. The van der Waals surface area contributed by atoms with Gasteiger partial charge in [0.1, 0.15) is 0 Å². The minimum Gasteiger partial charge on any atom is -0.352 e. The highest BCUT2D eigenvalue weighted by Crippen LogP contribution is 2.17. The number of hydrogen-bond acceptors (Lipinski definition) is 2. The van der Waals surface area contributed by atoms with E-state index in [1.807, 2.05) is 17.0 Å². The van der Waals surface area contributed by atoms with Crippen LogP contribution in [-0.2, 0) is 24.4 Å². The highest BCUT2D eigenvalue weighted by Gasteiger charge is 2.20. The molecule has 2 aromatic rings. The predicted octanol–water partition coefficient (Wildman–Crippen LogP) is 2.98. The summed E-state index contributed by atoms with van der Waals surface area (Å²) < 4.78 is 0. The van der Waals surface area contributed by atoms with Crippen LogP contribution in [0.4, 0.5) is 0 Å². The highest BCUT2D eigenvalue weighted by atomic mass is 16.2. The van der Waals surface area contributed by atoms with Gasteiger partial charge in [-0.3, -0.25) is 9.79 Å².